The summed E-state index contributed by atoms with van der Waals surface area (Å²) >= 11 is 0. The van der Waals surface area contributed by atoms with Gasteiger partial charge in [-0.15, -0.1) is 0 Å². The number of aromatic amines is 1. The molecule has 0 aliphatic carbocycles. The number of rotatable bonds is 2. The summed E-state index contributed by atoms with van der Waals surface area (Å²) in [4.78, 5) is 17.5. The fourth-order valence-electron chi connectivity index (χ4n) is 2.81. The number of nitrogens with one attached hydrogen (secondary N) is 1. The van der Waals surface area contributed by atoms with Crippen molar-refractivity contribution in [1.29, 1.82) is 0 Å². The van der Waals surface area contributed by atoms with Crippen LogP contribution in [0.2, 0.25) is 0 Å². The number of benzene rings is 1. The van der Waals surface area contributed by atoms with Crippen LogP contribution in [-0.4, -0.2) is 40.1 Å². The zero-order valence-electron chi connectivity index (χ0n) is 11.0. The van der Waals surface area contributed by atoms with Crippen molar-refractivity contribution in [2.45, 2.75) is 19.4 Å². The monoisotopic (exact) mass is 258 g/mol. The van der Waals surface area contributed by atoms with Crippen LogP contribution >= 0.6 is 0 Å². The lowest BCUT2D eigenvalue weighted by Crippen LogP contribution is -2.30. The first-order chi connectivity index (χ1) is 9.16. The molecule has 2 unspecified atom stereocenters. The summed E-state index contributed by atoms with van der Waals surface area (Å²) in [6.07, 6.45) is 2.39. The SMILES string of the molecule is CC(O)C1CCN(C(=O)c2cccc3[nH]ccc23)C1. The molecule has 1 fully saturated rings. The highest BCUT2D eigenvalue weighted by Crippen LogP contribution is 2.24. The third-order valence-electron chi connectivity index (χ3n) is 4.02. The van der Waals surface area contributed by atoms with Crippen molar-refractivity contribution in [3.63, 3.8) is 0 Å². The number of carbonyl (C=O) groups excluding carboxylic acids is 1. The molecule has 2 heterocycles. The fourth-order valence-corrected chi connectivity index (χ4v) is 2.81. The molecule has 19 heavy (non-hydrogen) atoms. The number of hydrogen-bond acceptors (Lipinski definition) is 2. The van der Waals surface area contributed by atoms with Crippen LogP contribution in [0.1, 0.15) is 23.7 Å². The lowest BCUT2D eigenvalue weighted by atomic mass is 10.0. The Hall–Kier alpha value is -1.81. The average Bonchev–Trinajstić information content (AvgIpc) is 3.06. The number of hydrogen-bond donors (Lipinski definition) is 2. The van der Waals surface area contributed by atoms with E-state index in [-0.39, 0.29) is 17.9 Å². The van der Waals surface area contributed by atoms with Crippen LogP contribution in [0.5, 0.6) is 0 Å². The molecule has 0 bridgehead atoms. The number of aliphatic hydroxyl groups excluding tert-OH is 1. The maximum atomic E-state index is 12.6. The molecule has 1 aromatic heterocycles. The number of aliphatic hydroxyl groups is 1. The summed E-state index contributed by atoms with van der Waals surface area (Å²) in [5.74, 6) is 0.266. The van der Waals surface area contributed by atoms with Gasteiger partial charge in [-0.3, -0.25) is 4.79 Å². The summed E-state index contributed by atoms with van der Waals surface area (Å²) < 4.78 is 0. The maximum Gasteiger partial charge on any atom is 0.254 e. The van der Waals surface area contributed by atoms with Gasteiger partial charge < -0.3 is 15.0 Å². The quantitative estimate of drug-likeness (QED) is 0.865. The summed E-state index contributed by atoms with van der Waals surface area (Å²) in [5, 5.41) is 10.6. The lowest BCUT2D eigenvalue weighted by molar-refractivity contribution is 0.0764. The Bertz CT molecular complexity index is 603. The molecule has 4 nitrogen and oxygen atoms in total. The van der Waals surface area contributed by atoms with E-state index in [9.17, 15) is 9.90 Å². The number of nitrogens with zero attached hydrogens (tertiary/aromatic N) is 1. The Morgan fingerprint density at radius 1 is 1.47 bits per heavy atom. The van der Waals surface area contributed by atoms with Gasteiger partial charge in [-0.25, -0.2) is 0 Å². The van der Waals surface area contributed by atoms with E-state index in [2.05, 4.69) is 4.98 Å². The first-order valence-corrected chi connectivity index (χ1v) is 6.70. The van der Waals surface area contributed by atoms with Crippen LogP contribution in [0.25, 0.3) is 10.9 Å². The van der Waals surface area contributed by atoms with E-state index in [0.717, 1.165) is 29.4 Å². The van der Waals surface area contributed by atoms with Crippen LogP contribution in [0, 0.1) is 5.92 Å². The minimum absolute atomic E-state index is 0.0633. The Morgan fingerprint density at radius 2 is 2.32 bits per heavy atom. The van der Waals surface area contributed by atoms with Crippen LogP contribution < -0.4 is 0 Å². The number of likely N-dealkylation sites (tertiary alicyclic amines) is 1. The van der Waals surface area contributed by atoms with E-state index >= 15 is 0 Å². The molecular weight excluding hydrogens is 240 g/mol. The number of amides is 1. The minimum atomic E-state index is -0.346. The second kappa shape index (κ2) is 4.70. The van der Waals surface area contributed by atoms with Gasteiger partial charge in [0.15, 0.2) is 0 Å². The number of carbonyl (C=O) groups is 1. The number of fused-ring (bicyclic) bond motifs is 1. The van der Waals surface area contributed by atoms with Crippen molar-refractivity contribution in [2.24, 2.45) is 5.92 Å². The van der Waals surface area contributed by atoms with Crippen LogP contribution in [-0.2, 0) is 0 Å². The van der Waals surface area contributed by atoms with E-state index in [1.165, 1.54) is 0 Å². The molecule has 100 valence electrons. The molecule has 1 saturated heterocycles. The molecule has 2 N–H and O–H groups in total. The smallest absolute Gasteiger partial charge is 0.254 e. The fraction of sp³-hybridized carbons (Fsp3) is 0.400. The second-order valence-corrected chi connectivity index (χ2v) is 5.29. The molecule has 0 spiro atoms. The second-order valence-electron chi connectivity index (χ2n) is 5.29. The summed E-state index contributed by atoms with van der Waals surface area (Å²) in [7, 11) is 0. The lowest BCUT2D eigenvalue weighted by Gasteiger charge is -2.18. The summed E-state index contributed by atoms with van der Waals surface area (Å²) in [5.41, 5.74) is 1.72. The number of H-pyrrole nitrogens is 1. The molecule has 0 radical (unpaired) electrons. The van der Waals surface area contributed by atoms with Crippen molar-refractivity contribution >= 4 is 16.8 Å². The third kappa shape index (κ3) is 2.12. The van der Waals surface area contributed by atoms with Gasteiger partial charge in [-0.1, -0.05) is 6.07 Å². The Morgan fingerprint density at radius 3 is 3.05 bits per heavy atom. The van der Waals surface area contributed by atoms with Crippen molar-refractivity contribution < 1.29 is 9.90 Å². The van der Waals surface area contributed by atoms with Crippen LogP contribution in [0.3, 0.4) is 0 Å². The van der Waals surface area contributed by atoms with Gasteiger partial charge >= 0.3 is 0 Å². The van der Waals surface area contributed by atoms with Gasteiger partial charge in [0.05, 0.1) is 6.10 Å². The molecule has 4 heteroatoms. The Balaban J connectivity index is 1.87. The van der Waals surface area contributed by atoms with E-state index < -0.39 is 0 Å². The van der Waals surface area contributed by atoms with Crippen LogP contribution in [0.4, 0.5) is 0 Å². The minimum Gasteiger partial charge on any atom is -0.393 e. The van der Waals surface area contributed by atoms with Crippen molar-refractivity contribution in [1.82, 2.24) is 9.88 Å². The van der Waals surface area contributed by atoms with Crippen molar-refractivity contribution in [3.05, 3.63) is 36.0 Å². The third-order valence-corrected chi connectivity index (χ3v) is 4.02. The number of aromatic nitrogens is 1. The molecule has 0 saturated carbocycles. The molecule has 1 aliphatic heterocycles. The standard InChI is InChI=1S/C15H18N2O2/c1-10(18)11-6-8-17(9-11)15(19)13-3-2-4-14-12(13)5-7-16-14/h2-5,7,10-11,16,18H,6,8-9H2,1H3. The average molecular weight is 258 g/mol. The van der Waals surface area contributed by atoms with E-state index in [4.69, 9.17) is 0 Å². The first kappa shape index (κ1) is 12.2. The van der Waals surface area contributed by atoms with Crippen molar-refractivity contribution in [3.8, 4) is 0 Å². The normalized spacial score (nSPS) is 20.9. The molecular formula is C15H18N2O2. The van der Waals surface area contributed by atoms with Crippen LogP contribution in [0.15, 0.2) is 30.5 Å². The molecule has 1 aliphatic rings. The van der Waals surface area contributed by atoms with E-state index in [1.54, 1.807) is 6.92 Å². The van der Waals surface area contributed by atoms with Crippen molar-refractivity contribution in [2.75, 3.05) is 13.1 Å². The van der Waals surface area contributed by atoms with E-state index in [0.29, 0.717) is 6.54 Å². The Kier molecular flexibility index (Phi) is 3.03. The van der Waals surface area contributed by atoms with Gasteiger partial charge in [0.2, 0.25) is 0 Å². The van der Waals surface area contributed by atoms with Gasteiger partial charge in [-0.2, -0.15) is 0 Å². The highest BCUT2D eigenvalue weighted by atomic mass is 16.3. The van der Waals surface area contributed by atoms with Gasteiger partial charge in [0.1, 0.15) is 0 Å². The molecule has 1 aromatic carbocycles. The zero-order chi connectivity index (χ0) is 13.4. The largest absolute Gasteiger partial charge is 0.393 e. The predicted octanol–water partition coefficient (Wildman–Crippen LogP) is 2.01. The summed E-state index contributed by atoms with van der Waals surface area (Å²) in [6.45, 7) is 3.18. The molecule has 3 rings (SSSR count). The highest BCUT2D eigenvalue weighted by Gasteiger charge is 2.30. The zero-order valence-corrected chi connectivity index (χ0v) is 11.0. The van der Waals surface area contributed by atoms with Gasteiger partial charge in [0.25, 0.3) is 5.91 Å². The summed E-state index contributed by atoms with van der Waals surface area (Å²) in [6, 6.07) is 7.67. The molecule has 2 atom stereocenters. The van der Waals surface area contributed by atoms with Gasteiger partial charge in [-0.05, 0) is 31.5 Å². The topological polar surface area (TPSA) is 56.3 Å². The predicted molar refractivity (Wildman–Crippen MR) is 74.0 cm³/mol. The first-order valence-electron chi connectivity index (χ1n) is 6.70. The Labute approximate surface area is 112 Å². The maximum absolute atomic E-state index is 12.6. The molecule has 1 amide bonds. The molecule has 2 aromatic rings. The highest BCUT2D eigenvalue weighted by molar-refractivity contribution is 6.06. The van der Waals surface area contributed by atoms with E-state index in [1.807, 2.05) is 35.4 Å². The van der Waals surface area contributed by atoms with Gasteiger partial charge in [0, 0.05) is 41.7 Å².